The van der Waals surface area contributed by atoms with Crippen molar-refractivity contribution in [1.82, 2.24) is 0 Å². The van der Waals surface area contributed by atoms with Crippen molar-refractivity contribution in [3.8, 4) is 11.5 Å². The molecule has 2 N–H and O–H groups in total. The molecule has 0 amide bonds. The van der Waals surface area contributed by atoms with Crippen LogP contribution in [0.1, 0.15) is 155 Å². The zero-order chi connectivity index (χ0) is 35.3. The molecule has 1 unspecified atom stereocenters. The summed E-state index contributed by atoms with van der Waals surface area (Å²) in [5, 5.41) is 22.0. The molecule has 0 fully saturated rings. The van der Waals surface area contributed by atoms with Gasteiger partial charge in [0.15, 0.2) is 0 Å². The first-order valence-electron chi connectivity index (χ1n) is 17.0. The van der Waals surface area contributed by atoms with Gasteiger partial charge >= 0.3 is 11.9 Å². The predicted octanol–water partition coefficient (Wildman–Crippen LogP) is 9.50. The number of aromatic hydroxyl groups is 2. The molecule has 2 aromatic rings. The molecule has 2 rings (SSSR count). The quantitative estimate of drug-likeness (QED) is 0.225. The first-order valence-corrected chi connectivity index (χ1v) is 17.0. The van der Waals surface area contributed by atoms with Gasteiger partial charge in [-0.15, -0.1) is 0 Å². The van der Waals surface area contributed by atoms with Gasteiger partial charge in [-0.3, -0.25) is 9.59 Å². The van der Waals surface area contributed by atoms with E-state index in [1.807, 2.05) is 31.2 Å². The SMILES string of the molecule is CCCC(CCOC(=O)CCc1cc(C(C)(C)C)c(O)c(C(C)(C)C)c1)OC(=O)CCc1cc(C(C)(C)C)c(O)c(C(C)(C)C)c1. The molecule has 0 aliphatic heterocycles. The largest absolute Gasteiger partial charge is 0.507 e. The van der Waals surface area contributed by atoms with Gasteiger partial charge in [0, 0.05) is 19.3 Å². The number of phenolic OH excluding ortho intramolecular Hbond substituents is 2. The van der Waals surface area contributed by atoms with E-state index in [4.69, 9.17) is 9.47 Å². The predicted molar refractivity (Wildman–Crippen MR) is 188 cm³/mol. The summed E-state index contributed by atoms with van der Waals surface area (Å²) in [4.78, 5) is 25.6. The third-order valence-corrected chi connectivity index (χ3v) is 8.42. The van der Waals surface area contributed by atoms with Crippen LogP contribution in [-0.4, -0.2) is 34.9 Å². The number of carbonyl (C=O) groups excluding carboxylic acids is 2. The number of carbonyl (C=O) groups is 2. The first kappa shape index (κ1) is 39.2. The molecule has 6 heteroatoms. The van der Waals surface area contributed by atoms with Crippen molar-refractivity contribution in [2.75, 3.05) is 6.61 Å². The minimum atomic E-state index is -0.318. The maximum Gasteiger partial charge on any atom is 0.306 e. The van der Waals surface area contributed by atoms with E-state index in [2.05, 4.69) is 83.1 Å². The van der Waals surface area contributed by atoms with Crippen LogP contribution in [0, 0.1) is 0 Å². The minimum absolute atomic E-state index is 0.189. The number of aryl methyl sites for hydroxylation is 2. The summed E-state index contributed by atoms with van der Waals surface area (Å²) in [5.74, 6) is 0.0940. The lowest BCUT2D eigenvalue weighted by Gasteiger charge is -2.28. The second-order valence-electron chi connectivity index (χ2n) is 17.0. The topological polar surface area (TPSA) is 93.1 Å². The maximum atomic E-state index is 12.9. The van der Waals surface area contributed by atoms with Gasteiger partial charge in [-0.2, -0.15) is 0 Å². The summed E-state index contributed by atoms with van der Waals surface area (Å²) in [5.41, 5.74) is 4.57. The Labute approximate surface area is 279 Å². The molecule has 0 radical (unpaired) electrons. The van der Waals surface area contributed by atoms with Crippen LogP contribution in [0.2, 0.25) is 0 Å². The van der Waals surface area contributed by atoms with E-state index < -0.39 is 0 Å². The van der Waals surface area contributed by atoms with Crippen molar-refractivity contribution in [1.29, 1.82) is 0 Å². The fraction of sp³-hybridized carbons (Fsp3) is 0.650. The number of esters is 2. The maximum absolute atomic E-state index is 12.9. The lowest BCUT2D eigenvalue weighted by molar-refractivity contribution is -0.151. The Morgan fingerprint density at radius 1 is 0.609 bits per heavy atom. The Hall–Kier alpha value is -3.02. The Bertz CT molecular complexity index is 1270. The number of ether oxygens (including phenoxy) is 2. The summed E-state index contributed by atoms with van der Waals surface area (Å²) >= 11 is 0. The van der Waals surface area contributed by atoms with Gasteiger partial charge in [-0.05, 0) is 74.3 Å². The average molecular weight is 639 g/mol. The molecule has 46 heavy (non-hydrogen) atoms. The summed E-state index contributed by atoms with van der Waals surface area (Å²) < 4.78 is 11.4. The molecule has 0 aromatic heterocycles. The molecule has 2 aromatic carbocycles. The molecule has 0 bridgehead atoms. The normalized spacial score (nSPS) is 13.4. The van der Waals surface area contributed by atoms with Gasteiger partial charge in [-0.1, -0.05) is 121 Å². The zero-order valence-corrected chi connectivity index (χ0v) is 31.1. The molecular weight excluding hydrogens is 576 g/mol. The number of hydrogen-bond acceptors (Lipinski definition) is 6. The van der Waals surface area contributed by atoms with Gasteiger partial charge in [-0.25, -0.2) is 0 Å². The second-order valence-corrected chi connectivity index (χ2v) is 17.0. The van der Waals surface area contributed by atoms with Gasteiger partial charge in [0.1, 0.15) is 17.6 Å². The molecule has 0 aliphatic rings. The van der Waals surface area contributed by atoms with E-state index in [1.54, 1.807) is 0 Å². The van der Waals surface area contributed by atoms with Crippen molar-refractivity contribution in [2.24, 2.45) is 0 Å². The van der Waals surface area contributed by atoms with Crippen LogP contribution in [0.25, 0.3) is 0 Å². The smallest absolute Gasteiger partial charge is 0.306 e. The Morgan fingerprint density at radius 2 is 0.957 bits per heavy atom. The van der Waals surface area contributed by atoms with Crippen LogP contribution < -0.4 is 0 Å². The van der Waals surface area contributed by atoms with Crippen molar-refractivity contribution in [3.63, 3.8) is 0 Å². The lowest BCUT2D eigenvalue weighted by Crippen LogP contribution is -2.22. The van der Waals surface area contributed by atoms with E-state index in [0.717, 1.165) is 39.8 Å². The van der Waals surface area contributed by atoms with Crippen molar-refractivity contribution >= 4 is 11.9 Å². The van der Waals surface area contributed by atoms with Crippen molar-refractivity contribution < 1.29 is 29.3 Å². The highest BCUT2D eigenvalue weighted by molar-refractivity contribution is 5.70. The summed E-state index contributed by atoms with van der Waals surface area (Å²) in [6, 6.07) is 8.01. The Balaban J connectivity index is 1.99. The second kappa shape index (κ2) is 15.3. The molecule has 0 saturated carbocycles. The molecule has 0 heterocycles. The van der Waals surface area contributed by atoms with E-state index in [-0.39, 0.29) is 59.2 Å². The number of phenols is 2. The lowest BCUT2D eigenvalue weighted by atomic mass is 9.78. The number of benzene rings is 2. The number of rotatable bonds is 12. The van der Waals surface area contributed by atoms with Crippen molar-refractivity contribution in [2.45, 2.75) is 163 Å². The van der Waals surface area contributed by atoms with Crippen LogP contribution in [0.5, 0.6) is 11.5 Å². The highest BCUT2D eigenvalue weighted by Crippen LogP contribution is 2.41. The van der Waals surface area contributed by atoms with E-state index in [1.165, 1.54) is 0 Å². The highest BCUT2D eigenvalue weighted by atomic mass is 16.6. The highest BCUT2D eigenvalue weighted by Gasteiger charge is 2.28. The zero-order valence-electron chi connectivity index (χ0n) is 31.1. The fourth-order valence-electron chi connectivity index (χ4n) is 5.66. The standard InChI is InChI=1S/C40H62O6/c1-14-15-28(46-34(42)19-17-27-24-31(39(8,9)10)36(44)32(25-27)40(11,12)13)20-21-45-33(41)18-16-26-22-29(37(2,3)4)35(43)30(23-26)38(5,6)7/h22-25,28,43-44H,14-21H2,1-13H3. The number of hydrogen-bond donors (Lipinski definition) is 2. The average Bonchev–Trinajstić information content (AvgIpc) is 2.89. The van der Waals surface area contributed by atoms with Gasteiger partial charge in [0.2, 0.25) is 0 Å². The van der Waals surface area contributed by atoms with Crippen LogP contribution in [-0.2, 0) is 53.6 Å². The van der Waals surface area contributed by atoms with Gasteiger partial charge < -0.3 is 19.7 Å². The van der Waals surface area contributed by atoms with Gasteiger partial charge in [0.25, 0.3) is 0 Å². The molecular formula is C40H62O6. The van der Waals surface area contributed by atoms with Crippen LogP contribution in [0.4, 0.5) is 0 Å². The molecule has 6 nitrogen and oxygen atoms in total. The molecule has 258 valence electrons. The third kappa shape index (κ3) is 11.3. The first-order chi connectivity index (χ1) is 20.9. The molecule has 0 saturated heterocycles. The van der Waals surface area contributed by atoms with E-state index in [9.17, 15) is 19.8 Å². The van der Waals surface area contributed by atoms with Gasteiger partial charge in [0.05, 0.1) is 6.61 Å². The Morgan fingerprint density at radius 3 is 1.28 bits per heavy atom. The van der Waals surface area contributed by atoms with Crippen LogP contribution in [0.15, 0.2) is 24.3 Å². The molecule has 1 atom stereocenters. The summed E-state index contributed by atoms with van der Waals surface area (Å²) in [7, 11) is 0. The van der Waals surface area contributed by atoms with E-state index >= 15 is 0 Å². The summed E-state index contributed by atoms with van der Waals surface area (Å²) in [6.45, 7) is 27.1. The van der Waals surface area contributed by atoms with Crippen LogP contribution >= 0.6 is 0 Å². The van der Waals surface area contributed by atoms with Crippen LogP contribution in [0.3, 0.4) is 0 Å². The molecule has 0 spiro atoms. The summed E-state index contributed by atoms with van der Waals surface area (Å²) in [6.07, 6.45) is 3.18. The van der Waals surface area contributed by atoms with E-state index in [0.29, 0.717) is 37.2 Å². The Kier molecular flexibility index (Phi) is 13.0. The monoisotopic (exact) mass is 638 g/mol. The van der Waals surface area contributed by atoms with Crippen molar-refractivity contribution in [3.05, 3.63) is 57.6 Å². The third-order valence-electron chi connectivity index (χ3n) is 8.42. The molecule has 0 aliphatic carbocycles. The fourth-order valence-corrected chi connectivity index (χ4v) is 5.66. The minimum Gasteiger partial charge on any atom is -0.507 e.